The van der Waals surface area contributed by atoms with Crippen molar-refractivity contribution in [2.75, 3.05) is 13.2 Å². The van der Waals surface area contributed by atoms with E-state index in [1.165, 1.54) is 231 Å². The Hall–Kier alpha value is -3.15. The lowest BCUT2D eigenvalue weighted by atomic mass is 10.0. The van der Waals surface area contributed by atoms with Gasteiger partial charge in [0.1, 0.15) is 13.2 Å². The third-order valence-electron chi connectivity index (χ3n) is 16.2. The predicted octanol–water partition coefficient (Wildman–Crippen LogP) is 25.2. The van der Waals surface area contributed by atoms with Gasteiger partial charge in [-0.2, -0.15) is 0 Å². The number of ether oxygens (including phenoxy) is 3. The molecule has 0 saturated heterocycles. The summed E-state index contributed by atoms with van der Waals surface area (Å²) in [4.78, 5) is 38.2. The summed E-state index contributed by atoms with van der Waals surface area (Å²) in [5, 5.41) is 0. The molecule has 0 amide bonds. The highest BCUT2D eigenvalue weighted by Crippen LogP contribution is 2.19. The zero-order valence-corrected chi connectivity index (χ0v) is 55.5. The van der Waals surface area contributed by atoms with E-state index in [-0.39, 0.29) is 31.1 Å². The summed E-state index contributed by atoms with van der Waals surface area (Å²) in [6.45, 7) is 6.52. The molecular weight excluding hydrogens is 1020 g/mol. The average molecular weight is 1160 g/mol. The lowest BCUT2D eigenvalue weighted by molar-refractivity contribution is -0.167. The topological polar surface area (TPSA) is 78.9 Å². The molecule has 1 atom stereocenters. The van der Waals surface area contributed by atoms with E-state index in [0.29, 0.717) is 19.3 Å². The fourth-order valence-corrected chi connectivity index (χ4v) is 10.8. The van der Waals surface area contributed by atoms with Crippen molar-refractivity contribution < 1.29 is 28.6 Å². The maximum Gasteiger partial charge on any atom is 0.306 e. The smallest absolute Gasteiger partial charge is 0.306 e. The zero-order chi connectivity index (χ0) is 59.9. The first-order chi connectivity index (χ1) is 41.0. The monoisotopic (exact) mass is 1160 g/mol. The van der Waals surface area contributed by atoms with Crippen LogP contribution in [-0.2, 0) is 28.6 Å². The summed E-state index contributed by atoms with van der Waals surface area (Å²) in [5.41, 5.74) is 0. The lowest BCUT2D eigenvalue weighted by Crippen LogP contribution is -2.30. The van der Waals surface area contributed by atoms with Gasteiger partial charge in [-0.3, -0.25) is 14.4 Å². The van der Waals surface area contributed by atoms with E-state index < -0.39 is 6.10 Å². The van der Waals surface area contributed by atoms with Crippen molar-refractivity contribution in [3.8, 4) is 0 Å². The lowest BCUT2D eigenvalue weighted by Gasteiger charge is -2.18. The summed E-state index contributed by atoms with van der Waals surface area (Å²) >= 11 is 0. The Kier molecular flexibility index (Phi) is 68.6. The van der Waals surface area contributed by atoms with Crippen molar-refractivity contribution in [2.45, 2.75) is 386 Å². The summed E-state index contributed by atoms with van der Waals surface area (Å²) in [5.74, 6) is -0.881. The quantitative estimate of drug-likeness (QED) is 0.0261. The van der Waals surface area contributed by atoms with Crippen molar-refractivity contribution in [1.29, 1.82) is 0 Å². The molecule has 0 radical (unpaired) electrons. The first-order valence-electron chi connectivity index (χ1n) is 36.4. The predicted molar refractivity (Wildman–Crippen MR) is 362 cm³/mol. The molecule has 0 aromatic carbocycles. The fourth-order valence-electron chi connectivity index (χ4n) is 10.8. The Labute approximate surface area is 516 Å². The molecule has 1 unspecified atom stereocenters. The summed E-state index contributed by atoms with van der Waals surface area (Å²) in [6, 6.07) is 0. The molecular formula is C77H138O6. The van der Waals surface area contributed by atoms with E-state index in [1.807, 2.05) is 0 Å². The summed E-state index contributed by atoms with van der Waals surface area (Å²) in [7, 11) is 0. The number of unbranched alkanes of at least 4 members (excludes halogenated alkanes) is 44. The molecule has 0 heterocycles. The molecule has 0 aliphatic carbocycles. The molecule has 482 valence electrons. The molecule has 6 heteroatoms. The highest BCUT2D eigenvalue weighted by Gasteiger charge is 2.19. The second kappa shape index (κ2) is 71.3. The van der Waals surface area contributed by atoms with E-state index in [2.05, 4.69) is 93.7 Å². The van der Waals surface area contributed by atoms with Crippen LogP contribution in [0.15, 0.2) is 72.9 Å². The number of esters is 3. The van der Waals surface area contributed by atoms with Crippen LogP contribution in [0.2, 0.25) is 0 Å². The SMILES string of the molecule is CC/C=C\C/C=C\C/C=C\C/C=C\C/C=C\C/C=C\CCCCCCCCC(=O)OC(COC(=O)CCCCCCCCC)COC(=O)CCCCCCCCCCCCCCCCCCCCCCCCCCCCCCCCCCC. The molecule has 6 nitrogen and oxygen atoms in total. The van der Waals surface area contributed by atoms with Gasteiger partial charge in [-0.25, -0.2) is 0 Å². The van der Waals surface area contributed by atoms with Gasteiger partial charge < -0.3 is 14.2 Å². The number of rotatable bonds is 67. The first kappa shape index (κ1) is 79.8. The molecule has 0 spiro atoms. The molecule has 0 aromatic rings. The zero-order valence-electron chi connectivity index (χ0n) is 55.5. The largest absolute Gasteiger partial charge is 0.462 e. The van der Waals surface area contributed by atoms with Crippen LogP contribution in [0.4, 0.5) is 0 Å². The number of hydrogen-bond acceptors (Lipinski definition) is 6. The van der Waals surface area contributed by atoms with Crippen molar-refractivity contribution >= 4 is 17.9 Å². The minimum Gasteiger partial charge on any atom is -0.462 e. The minimum absolute atomic E-state index is 0.0777. The van der Waals surface area contributed by atoms with Gasteiger partial charge in [-0.15, -0.1) is 0 Å². The van der Waals surface area contributed by atoms with Crippen LogP contribution in [0.3, 0.4) is 0 Å². The summed E-state index contributed by atoms with van der Waals surface area (Å²) < 4.78 is 16.9. The second-order valence-corrected chi connectivity index (χ2v) is 24.5. The number of allylic oxidation sites excluding steroid dienone is 12. The van der Waals surface area contributed by atoms with Gasteiger partial charge in [-0.05, 0) is 70.6 Å². The molecule has 0 aliphatic heterocycles. The molecule has 0 bridgehead atoms. The highest BCUT2D eigenvalue weighted by atomic mass is 16.6. The third-order valence-corrected chi connectivity index (χ3v) is 16.2. The standard InChI is InChI=1S/C77H138O6/c1-4-7-10-13-16-18-20-22-24-26-28-30-32-34-35-36-37-38-39-40-41-43-44-46-48-50-52-54-56-58-61-64-67-70-76(79)82-73-74(72-81-75(78)69-66-63-60-15-12-9-6-3)83-77(80)71-68-65-62-59-57-55-53-51-49-47-45-42-33-31-29-27-25-23-21-19-17-14-11-8-5-2/h8,11,17,19,23,25,29,31,42,45,49,51,74H,4-7,9-10,12-16,18,20-22,24,26-28,30,32-41,43-44,46-48,50,52-73H2,1-3H3/b11-8-,19-17-,25-23-,31-29-,45-42-,51-49-. The van der Waals surface area contributed by atoms with Crippen LogP contribution in [-0.4, -0.2) is 37.2 Å². The van der Waals surface area contributed by atoms with Crippen LogP contribution in [0.25, 0.3) is 0 Å². The van der Waals surface area contributed by atoms with E-state index in [9.17, 15) is 14.4 Å². The van der Waals surface area contributed by atoms with Crippen LogP contribution in [0.1, 0.15) is 380 Å². The Morgan fingerprint density at radius 3 is 0.735 bits per heavy atom. The molecule has 83 heavy (non-hydrogen) atoms. The Morgan fingerprint density at radius 2 is 0.470 bits per heavy atom. The Balaban J connectivity index is 4.02. The minimum atomic E-state index is -0.781. The van der Waals surface area contributed by atoms with Crippen molar-refractivity contribution in [2.24, 2.45) is 0 Å². The van der Waals surface area contributed by atoms with E-state index in [1.54, 1.807) is 0 Å². The van der Waals surface area contributed by atoms with E-state index in [0.717, 1.165) is 109 Å². The molecule has 0 saturated carbocycles. The van der Waals surface area contributed by atoms with Crippen LogP contribution in [0.5, 0.6) is 0 Å². The summed E-state index contributed by atoms with van der Waals surface area (Å²) in [6.07, 6.45) is 94.1. The molecule has 0 rings (SSSR count). The van der Waals surface area contributed by atoms with Gasteiger partial charge >= 0.3 is 17.9 Å². The van der Waals surface area contributed by atoms with Crippen molar-refractivity contribution in [3.05, 3.63) is 72.9 Å². The van der Waals surface area contributed by atoms with Gasteiger partial charge in [0.15, 0.2) is 6.10 Å². The maximum absolute atomic E-state index is 12.9. The number of carbonyl (C=O) groups excluding carboxylic acids is 3. The normalized spacial score (nSPS) is 12.5. The third kappa shape index (κ3) is 69.5. The number of hydrogen-bond donors (Lipinski definition) is 0. The molecule has 0 fully saturated rings. The van der Waals surface area contributed by atoms with Gasteiger partial charge in [-0.1, -0.05) is 363 Å². The van der Waals surface area contributed by atoms with E-state index >= 15 is 0 Å². The molecule has 0 aliphatic rings. The van der Waals surface area contributed by atoms with Crippen molar-refractivity contribution in [3.63, 3.8) is 0 Å². The van der Waals surface area contributed by atoms with Crippen molar-refractivity contribution in [1.82, 2.24) is 0 Å². The van der Waals surface area contributed by atoms with Gasteiger partial charge in [0.2, 0.25) is 0 Å². The van der Waals surface area contributed by atoms with Gasteiger partial charge in [0.25, 0.3) is 0 Å². The Morgan fingerprint density at radius 1 is 0.253 bits per heavy atom. The second-order valence-electron chi connectivity index (χ2n) is 24.5. The number of carbonyl (C=O) groups is 3. The first-order valence-corrected chi connectivity index (χ1v) is 36.4. The fraction of sp³-hybridized carbons (Fsp3) is 0.805. The molecule has 0 aromatic heterocycles. The van der Waals surface area contributed by atoms with Gasteiger partial charge in [0.05, 0.1) is 0 Å². The molecule has 0 N–H and O–H groups in total. The Bertz CT molecular complexity index is 1520. The van der Waals surface area contributed by atoms with Gasteiger partial charge in [0, 0.05) is 19.3 Å². The maximum atomic E-state index is 12.9. The van der Waals surface area contributed by atoms with Crippen LogP contribution < -0.4 is 0 Å². The van der Waals surface area contributed by atoms with Crippen LogP contribution >= 0.6 is 0 Å². The van der Waals surface area contributed by atoms with Crippen LogP contribution in [0, 0.1) is 0 Å². The highest BCUT2D eigenvalue weighted by molar-refractivity contribution is 5.71. The average Bonchev–Trinajstić information content (AvgIpc) is 3.50. The van der Waals surface area contributed by atoms with E-state index in [4.69, 9.17) is 14.2 Å².